The third kappa shape index (κ3) is 5.00. The molecule has 2 aromatic rings. The zero-order valence-corrected chi connectivity index (χ0v) is 12.1. The lowest BCUT2D eigenvalue weighted by molar-refractivity contribution is -0.131. The summed E-state index contributed by atoms with van der Waals surface area (Å²) in [5.74, 6) is 0.133. The van der Waals surface area contributed by atoms with Crippen molar-refractivity contribution in [1.82, 2.24) is 9.88 Å². The fraction of sp³-hybridized carbons (Fsp3) is 0.294. The molecule has 0 saturated carbocycles. The van der Waals surface area contributed by atoms with E-state index in [2.05, 4.69) is 4.98 Å². The molecule has 110 valence electrons. The van der Waals surface area contributed by atoms with Crippen molar-refractivity contribution < 1.29 is 4.79 Å². The maximum atomic E-state index is 12.4. The quantitative estimate of drug-likeness (QED) is 0.845. The molecule has 0 unspecified atom stereocenters. The summed E-state index contributed by atoms with van der Waals surface area (Å²) in [5, 5.41) is 0. The highest BCUT2D eigenvalue weighted by Crippen LogP contribution is 2.08. The van der Waals surface area contributed by atoms with Gasteiger partial charge < -0.3 is 10.6 Å². The van der Waals surface area contributed by atoms with Crippen molar-refractivity contribution in [2.24, 2.45) is 5.73 Å². The van der Waals surface area contributed by atoms with Gasteiger partial charge in [-0.1, -0.05) is 36.4 Å². The van der Waals surface area contributed by atoms with Crippen molar-refractivity contribution in [3.05, 3.63) is 66.0 Å². The highest BCUT2D eigenvalue weighted by molar-refractivity contribution is 5.76. The number of rotatable bonds is 7. The summed E-state index contributed by atoms with van der Waals surface area (Å²) in [6, 6.07) is 13.9. The standard InChI is InChI=1S/C17H21N3O/c18-10-12-20(14-16-5-2-1-3-6-16)17(21)9-8-15-7-4-11-19-13-15/h1-7,11,13H,8-10,12,14,18H2. The molecule has 0 fully saturated rings. The Morgan fingerprint density at radius 3 is 2.52 bits per heavy atom. The van der Waals surface area contributed by atoms with Crippen LogP contribution in [0.2, 0.25) is 0 Å². The number of amides is 1. The van der Waals surface area contributed by atoms with Crippen LogP contribution < -0.4 is 5.73 Å². The number of hydrogen-bond donors (Lipinski definition) is 1. The minimum Gasteiger partial charge on any atom is -0.337 e. The molecular formula is C17H21N3O. The highest BCUT2D eigenvalue weighted by atomic mass is 16.2. The van der Waals surface area contributed by atoms with Gasteiger partial charge in [-0.25, -0.2) is 0 Å². The van der Waals surface area contributed by atoms with Crippen molar-refractivity contribution in [2.75, 3.05) is 13.1 Å². The van der Waals surface area contributed by atoms with Crippen LogP contribution in [0.4, 0.5) is 0 Å². The summed E-state index contributed by atoms with van der Waals surface area (Å²) in [7, 11) is 0. The predicted octanol–water partition coefficient (Wildman–Crippen LogP) is 2.00. The Morgan fingerprint density at radius 1 is 1.10 bits per heavy atom. The monoisotopic (exact) mass is 283 g/mol. The van der Waals surface area contributed by atoms with Gasteiger partial charge >= 0.3 is 0 Å². The van der Waals surface area contributed by atoms with Gasteiger partial charge in [0.2, 0.25) is 5.91 Å². The van der Waals surface area contributed by atoms with Crippen LogP contribution in [0.1, 0.15) is 17.5 Å². The molecule has 0 saturated heterocycles. The van der Waals surface area contributed by atoms with Crippen LogP contribution in [0.25, 0.3) is 0 Å². The maximum absolute atomic E-state index is 12.4. The third-order valence-electron chi connectivity index (χ3n) is 3.32. The molecule has 2 N–H and O–H groups in total. The number of aromatic nitrogens is 1. The second-order valence-corrected chi connectivity index (χ2v) is 4.95. The molecule has 21 heavy (non-hydrogen) atoms. The van der Waals surface area contributed by atoms with E-state index in [0.717, 1.165) is 11.1 Å². The lowest BCUT2D eigenvalue weighted by Gasteiger charge is -2.22. The van der Waals surface area contributed by atoms with Crippen LogP contribution in [0.5, 0.6) is 0 Å². The summed E-state index contributed by atoms with van der Waals surface area (Å²) in [4.78, 5) is 18.3. The molecule has 1 amide bonds. The Labute approximate surface area is 125 Å². The first-order valence-electron chi connectivity index (χ1n) is 7.20. The van der Waals surface area contributed by atoms with Gasteiger partial charge in [-0.05, 0) is 23.6 Å². The topological polar surface area (TPSA) is 59.2 Å². The van der Waals surface area contributed by atoms with E-state index in [-0.39, 0.29) is 5.91 Å². The molecule has 0 aliphatic heterocycles. The molecule has 0 aliphatic carbocycles. The Morgan fingerprint density at radius 2 is 1.86 bits per heavy atom. The predicted molar refractivity (Wildman–Crippen MR) is 83.5 cm³/mol. The third-order valence-corrected chi connectivity index (χ3v) is 3.32. The largest absolute Gasteiger partial charge is 0.337 e. The minimum atomic E-state index is 0.133. The van der Waals surface area contributed by atoms with Gasteiger partial charge in [0.25, 0.3) is 0 Å². The normalized spacial score (nSPS) is 10.3. The van der Waals surface area contributed by atoms with E-state index >= 15 is 0 Å². The molecule has 0 bridgehead atoms. The second-order valence-electron chi connectivity index (χ2n) is 4.95. The first-order valence-corrected chi connectivity index (χ1v) is 7.20. The van der Waals surface area contributed by atoms with Gasteiger partial charge in [-0.3, -0.25) is 9.78 Å². The Hall–Kier alpha value is -2.20. The fourth-order valence-corrected chi connectivity index (χ4v) is 2.21. The lowest BCUT2D eigenvalue weighted by atomic mass is 10.1. The summed E-state index contributed by atoms with van der Waals surface area (Å²) in [6.07, 6.45) is 4.74. The summed E-state index contributed by atoms with van der Waals surface area (Å²) in [5.41, 5.74) is 7.83. The van der Waals surface area contributed by atoms with Gasteiger partial charge in [-0.2, -0.15) is 0 Å². The van der Waals surface area contributed by atoms with E-state index in [9.17, 15) is 4.79 Å². The smallest absolute Gasteiger partial charge is 0.223 e. The number of nitrogens with zero attached hydrogens (tertiary/aromatic N) is 2. The van der Waals surface area contributed by atoms with E-state index in [1.807, 2.05) is 47.4 Å². The summed E-state index contributed by atoms with van der Waals surface area (Å²) < 4.78 is 0. The number of hydrogen-bond acceptors (Lipinski definition) is 3. The first kappa shape index (κ1) is 15.2. The molecule has 0 atom stereocenters. The summed E-state index contributed by atoms with van der Waals surface area (Å²) >= 11 is 0. The van der Waals surface area contributed by atoms with Crippen molar-refractivity contribution in [2.45, 2.75) is 19.4 Å². The lowest BCUT2D eigenvalue weighted by Crippen LogP contribution is -2.35. The van der Waals surface area contributed by atoms with Crippen LogP contribution in [0.15, 0.2) is 54.9 Å². The number of nitrogens with two attached hydrogens (primary N) is 1. The van der Waals surface area contributed by atoms with Crippen molar-refractivity contribution >= 4 is 5.91 Å². The molecular weight excluding hydrogens is 262 g/mol. The van der Waals surface area contributed by atoms with Crippen LogP contribution in [-0.2, 0) is 17.8 Å². The molecule has 1 aromatic carbocycles. The average molecular weight is 283 g/mol. The molecule has 4 nitrogen and oxygen atoms in total. The SMILES string of the molecule is NCCN(Cc1ccccc1)C(=O)CCc1cccnc1. The van der Waals surface area contributed by atoms with Crippen molar-refractivity contribution in [3.63, 3.8) is 0 Å². The minimum absolute atomic E-state index is 0.133. The average Bonchev–Trinajstić information content (AvgIpc) is 2.54. The molecule has 2 rings (SSSR count). The Kier molecular flexibility index (Phi) is 5.91. The first-order chi connectivity index (χ1) is 10.3. The highest BCUT2D eigenvalue weighted by Gasteiger charge is 2.13. The zero-order valence-electron chi connectivity index (χ0n) is 12.1. The van der Waals surface area contributed by atoms with Crippen molar-refractivity contribution in [3.8, 4) is 0 Å². The van der Waals surface area contributed by atoms with Gasteiger partial charge in [0, 0.05) is 38.4 Å². The number of pyridine rings is 1. The van der Waals surface area contributed by atoms with Crippen molar-refractivity contribution in [1.29, 1.82) is 0 Å². The van der Waals surface area contributed by atoms with Gasteiger partial charge in [0.1, 0.15) is 0 Å². The number of carbonyl (C=O) groups is 1. The van der Waals surface area contributed by atoms with Crippen LogP contribution >= 0.6 is 0 Å². The zero-order chi connectivity index (χ0) is 14.9. The molecule has 0 aliphatic rings. The fourth-order valence-electron chi connectivity index (χ4n) is 2.21. The molecule has 0 radical (unpaired) electrons. The number of carbonyl (C=O) groups excluding carboxylic acids is 1. The van der Waals surface area contributed by atoms with Gasteiger partial charge in [-0.15, -0.1) is 0 Å². The van der Waals surface area contributed by atoms with E-state index in [1.165, 1.54) is 0 Å². The second kappa shape index (κ2) is 8.17. The van der Waals surface area contributed by atoms with E-state index < -0.39 is 0 Å². The molecule has 4 heteroatoms. The molecule has 0 spiro atoms. The Balaban J connectivity index is 1.92. The van der Waals surface area contributed by atoms with E-state index in [4.69, 9.17) is 5.73 Å². The van der Waals surface area contributed by atoms with Crippen LogP contribution in [-0.4, -0.2) is 28.9 Å². The van der Waals surface area contributed by atoms with Gasteiger partial charge in [0.05, 0.1) is 0 Å². The van der Waals surface area contributed by atoms with E-state index in [1.54, 1.807) is 12.4 Å². The number of aryl methyl sites for hydroxylation is 1. The maximum Gasteiger partial charge on any atom is 0.223 e. The van der Waals surface area contributed by atoms with Gasteiger partial charge in [0.15, 0.2) is 0 Å². The number of benzene rings is 1. The molecule has 1 aromatic heterocycles. The summed E-state index contributed by atoms with van der Waals surface area (Å²) in [6.45, 7) is 1.68. The van der Waals surface area contributed by atoms with Crippen LogP contribution in [0, 0.1) is 0 Å². The molecule has 1 heterocycles. The van der Waals surface area contributed by atoms with E-state index in [0.29, 0.717) is 32.5 Å². The Bertz CT molecular complexity index is 542. The van der Waals surface area contributed by atoms with Crippen LogP contribution in [0.3, 0.4) is 0 Å².